The van der Waals surface area contributed by atoms with Gasteiger partial charge in [0.05, 0.1) is 22.7 Å². The van der Waals surface area contributed by atoms with Crippen molar-refractivity contribution < 1.29 is 5.11 Å². The van der Waals surface area contributed by atoms with Crippen molar-refractivity contribution in [1.82, 2.24) is 9.97 Å². The maximum atomic E-state index is 9.57. The smallest absolute Gasteiger partial charge is 0.224 e. The Morgan fingerprint density at radius 3 is 2.68 bits per heavy atom. The molecule has 1 saturated carbocycles. The van der Waals surface area contributed by atoms with Crippen molar-refractivity contribution in [2.75, 3.05) is 11.9 Å². The number of nitrogens with one attached hydrogen (secondary N) is 1. The van der Waals surface area contributed by atoms with E-state index in [9.17, 15) is 5.11 Å². The molecule has 104 valence electrons. The molecule has 2 aliphatic rings. The van der Waals surface area contributed by atoms with Crippen LogP contribution in [0.4, 0.5) is 5.82 Å². The number of aliphatic hydroxyl groups is 1. The molecule has 0 aromatic carbocycles. The van der Waals surface area contributed by atoms with E-state index in [2.05, 4.69) is 29.1 Å². The largest absolute Gasteiger partial charge is 0.394 e. The molecule has 6 heteroatoms. The van der Waals surface area contributed by atoms with Gasteiger partial charge in [-0.25, -0.2) is 4.98 Å². The summed E-state index contributed by atoms with van der Waals surface area (Å²) in [5.41, 5.74) is 0.809. The lowest BCUT2D eigenvalue weighted by Crippen LogP contribution is -2.48. The first-order chi connectivity index (χ1) is 8.93. The monoisotopic (exact) mass is 299 g/mol. The lowest BCUT2D eigenvalue weighted by molar-refractivity contribution is 0.143. The zero-order valence-electron chi connectivity index (χ0n) is 11.2. The Bertz CT molecular complexity index is 511. The minimum Gasteiger partial charge on any atom is -0.394 e. The number of hydrogen-bond donors (Lipinski definition) is 2. The third kappa shape index (κ3) is 2.43. The van der Waals surface area contributed by atoms with Crippen molar-refractivity contribution in [3.05, 3.63) is 11.0 Å². The van der Waals surface area contributed by atoms with Gasteiger partial charge in [-0.1, -0.05) is 0 Å². The van der Waals surface area contributed by atoms with Crippen molar-refractivity contribution in [1.29, 1.82) is 0 Å². The summed E-state index contributed by atoms with van der Waals surface area (Å²) in [6, 6.07) is 0. The second-order valence-corrected chi connectivity index (χ2v) is 8.13. The van der Waals surface area contributed by atoms with Gasteiger partial charge in [-0.2, -0.15) is 4.98 Å². The molecule has 2 heterocycles. The molecule has 0 radical (unpaired) electrons. The fraction of sp³-hybridized carbons (Fsp3) is 0.692. The van der Waals surface area contributed by atoms with E-state index >= 15 is 0 Å². The molecule has 0 spiro atoms. The minimum atomic E-state index is -0.210. The molecular weight excluding hydrogens is 282 g/mol. The molecule has 1 aliphatic heterocycles. The lowest BCUT2D eigenvalue weighted by Gasteiger charge is -2.41. The zero-order chi connectivity index (χ0) is 13.7. The normalized spacial score (nSPS) is 22.7. The van der Waals surface area contributed by atoms with Crippen LogP contribution < -0.4 is 5.32 Å². The number of halogens is 1. The summed E-state index contributed by atoms with van der Waals surface area (Å²) in [5, 5.41) is 13.3. The predicted molar refractivity (Wildman–Crippen MR) is 78.0 cm³/mol. The molecule has 0 saturated heterocycles. The van der Waals surface area contributed by atoms with Gasteiger partial charge in [-0.05, 0) is 44.7 Å². The van der Waals surface area contributed by atoms with Crippen molar-refractivity contribution in [2.24, 2.45) is 0 Å². The van der Waals surface area contributed by atoms with E-state index in [-0.39, 0.29) is 22.2 Å². The Hall–Kier alpha value is -0.520. The molecule has 1 aromatic heterocycles. The quantitative estimate of drug-likeness (QED) is 0.841. The van der Waals surface area contributed by atoms with E-state index in [4.69, 9.17) is 11.6 Å². The highest BCUT2D eigenvalue weighted by atomic mass is 35.5. The van der Waals surface area contributed by atoms with Crippen LogP contribution in [-0.4, -0.2) is 32.0 Å². The summed E-state index contributed by atoms with van der Waals surface area (Å²) >= 11 is 7.81. The van der Waals surface area contributed by atoms with Crippen LogP contribution in [0.25, 0.3) is 0 Å². The average molecular weight is 300 g/mol. The first kappa shape index (κ1) is 13.5. The van der Waals surface area contributed by atoms with Crippen molar-refractivity contribution in [2.45, 2.75) is 54.7 Å². The van der Waals surface area contributed by atoms with Gasteiger partial charge in [0.2, 0.25) is 5.28 Å². The Morgan fingerprint density at radius 2 is 2.11 bits per heavy atom. The number of aromatic nitrogens is 2. The fourth-order valence-electron chi connectivity index (χ4n) is 2.67. The molecule has 19 heavy (non-hydrogen) atoms. The van der Waals surface area contributed by atoms with Gasteiger partial charge >= 0.3 is 0 Å². The molecule has 1 aliphatic carbocycles. The van der Waals surface area contributed by atoms with Crippen LogP contribution in [0, 0.1) is 0 Å². The van der Waals surface area contributed by atoms with E-state index < -0.39 is 0 Å². The summed E-state index contributed by atoms with van der Waals surface area (Å²) in [4.78, 5) is 9.77. The molecule has 3 rings (SSSR count). The molecular formula is C13H18ClN3OS. The average Bonchev–Trinajstić information content (AvgIpc) is 2.57. The second kappa shape index (κ2) is 4.50. The number of aliphatic hydroxyl groups excluding tert-OH is 1. The molecule has 0 atom stereocenters. The van der Waals surface area contributed by atoms with E-state index in [1.807, 2.05) is 0 Å². The molecule has 0 amide bonds. The summed E-state index contributed by atoms with van der Waals surface area (Å²) in [6.07, 6.45) is 4.01. The Balaban J connectivity index is 1.94. The predicted octanol–water partition coefficient (Wildman–Crippen LogP) is 2.88. The highest BCUT2D eigenvalue weighted by molar-refractivity contribution is 8.01. The summed E-state index contributed by atoms with van der Waals surface area (Å²) in [5.74, 6) is 0.791. The highest BCUT2D eigenvalue weighted by Crippen LogP contribution is 2.48. The molecule has 0 unspecified atom stereocenters. The minimum absolute atomic E-state index is 0.129. The van der Waals surface area contributed by atoms with Crippen LogP contribution in [0.15, 0.2) is 4.90 Å². The summed E-state index contributed by atoms with van der Waals surface area (Å²) in [7, 11) is 0. The second-order valence-electron chi connectivity index (χ2n) is 6.07. The van der Waals surface area contributed by atoms with Gasteiger partial charge in [0.1, 0.15) is 5.82 Å². The first-order valence-corrected chi connectivity index (χ1v) is 7.77. The number of anilines is 1. The maximum Gasteiger partial charge on any atom is 0.224 e. The van der Waals surface area contributed by atoms with Gasteiger partial charge in [0.25, 0.3) is 0 Å². The van der Waals surface area contributed by atoms with Gasteiger partial charge in [0, 0.05) is 11.2 Å². The van der Waals surface area contributed by atoms with Crippen LogP contribution in [0.2, 0.25) is 5.28 Å². The van der Waals surface area contributed by atoms with Crippen LogP contribution in [0.5, 0.6) is 0 Å². The number of rotatable bonds is 3. The van der Waals surface area contributed by atoms with Crippen molar-refractivity contribution in [3.63, 3.8) is 0 Å². The van der Waals surface area contributed by atoms with E-state index in [1.54, 1.807) is 11.8 Å². The SMILES string of the molecule is CC1(C)Cc2nc(Cl)nc(NC3(CO)CCC3)c2S1. The standard InChI is InChI=1S/C13H18ClN3OS/c1-12(2)6-8-9(19-12)10(16-11(14)15-8)17-13(7-18)4-3-5-13/h18H,3-7H2,1-2H3,(H,15,16,17). The highest BCUT2D eigenvalue weighted by Gasteiger charge is 2.39. The first-order valence-electron chi connectivity index (χ1n) is 6.58. The fourth-order valence-corrected chi connectivity index (χ4v) is 4.05. The van der Waals surface area contributed by atoms with Crippen molar-refractivity contribution >= 4 is 29.2 Å². The zero-order valence-corrected chi connectivity index (χ0v) is 12.7. The van der Waals surface area contributed by atoms with Gasteiger partial charge in [-0.3, -0.25) is 0 Å². The van der Waals surface area contributed by atoms with Crippen molar-refractivity contribution in [3.8, 4) is 0 Å². The molecule has 1 aromatic rings. The van der Waals surface area contributed by atoms with Crippen LogP contribution in [-0.2, 0) is 6.42 Å². The van der Waals surface area contributed by atoms with E-state index in [0.717, 1.165) is 42.1 Å². The Labute approximate surface area is 122 Å². The number of nitrogens with zero attached hydrogens (tertiary/aromatic N) is 2. The molecule has 2 N–H and O–H groups in total. The molecule has 4 nitrogen and oxygen atoms in total. The van der Waals surface area contributed by atoms with Gasteiger partial charge in [-0.15, -0.1) is 11.8 Å². The van der Waals surface area contributed by atoms with E-state index in [1.165, 1.54) is 0 Å². The van der Waals surface area contributed by atoms with E-state index in [0.29, 0.717) is 0 Å². The summed E-state index contributed by atoms with van der Waals surface area (Å²) in [6.45, 7) is 4.53. The van der Waals surface area contributed by atoms with Crippen LogP contribution in [0.1, 0.15) is 38.8 Å². The Kier molecular flexibility index (Phi) is 3.19. The molecule has 1 fully saturated rings. The van der Waals surface area contributed by atoms with Gasteiger partial charge < -0.3 is 10.4 Å². The van der Waals surface area contributed by atoms with Crippen LogP contribution >= 0.6 is 23.4 Å². The lowest BCUT2D eigenvalue weighted by atomic mass is 9.77. The third-order valence-electron chi connectivity index (χ3n) is 3.88. The topological polar surface area (TPSA) is 58.0 Å². The third-order valence-corrected chi connectivity index (χ3v) is 5.38. The van der Waals surface area contributed by atoms with Gasteiger partial charge in [0.15, 0.2) is 0 Å². The number of hydrogen-bond acceptors (Lipinski definition) is 5. The van der Waals surface area contributed by atoms with Crippen LogP contribution in [0.3, 0.4) is 0 Å². The number of thioether (sulfide) groups is 1. The summed E-state index contributed by atoms with van der Waals surface area (Å²) < 4.78 is 0.129. The maximum absolute atomic E-state index is 9.57. The number of fused-ring (bicyclic) bond motifs is 1. The Morgan fingerprint density at radius 1 is 1.37 bits per heavy atom. The molecule has 0 bridgehead atoms.